The highest BCUT2D eigenvalue weighted by Gasteiger charge is 2.35. The van der Waals surface area contributed by atoms with Crippen LogP contribution < -0.4 is 9.47 Å². The number of hydrogen-bond acceptors (Lipinski definition) is 4. The number of rotatable bonds is 7. The van der Waals surface area contributed by atoms with Crippen molar-refractivity contribution in [3.63, 3.8) is 0 Å². The summed E-state index contributed by atoms with van der Waals surface area (Å²) < 4.78 is 61.7. The fourth-order valence-corrected chi connectivity index (χ4v) is 5.04. The minimum Gasteiger partial charge on any atom is -0.505 e. The maximum absolute atomic E-state index is 14.2. The quantitative estimate of drug-likeness (QED) is 0.489. The minimum atomic E-state index is -4.76. The SMILES string of the molecule is CCC(Oc1cccc(OC(F)(F)F)c1)C1CCC(CN2Cc3ccc(O)c(F)c3C2=O)CC1. The van der Waals surface area contributed by atoms with E-state index in [1.807, 2.05) is 6.92 Å². The van der Waals surface area contributed by atoms with E-state index in [0.29, 0.717) is 30.8 Å². The van der Waals surface area contributed by atoms with Crippen molar-refractivity contribution in [1.29, 1.82) is 0 Å². The Morgan fingerprint density at radius 1 is 1.12 bits per heavy atom. The van der Waals surface area contributed by atoms with Gasteiger partial charge in [0, 0.05) is 19.2 Å². The van der Waals surface area contributed by atoms with Gasteiger partial charge in [-0.3, -0.25) is 4.79 Å². The first kappa shape index (κ1) is 24.2. The number of phenolic OH excluding ortho intramolecular Hbond substituents is 1. The molecule has 1 fully saturated rings. The zero-order chi connectivity index (χ0) is 24.5. The molecule has 0 bridgehead atoms. The van der Waals surface area contributed by atoms with Crippen LogP contribution >= 0.6 is 0 Å². The third kappa shape index (κ3) is 5.39. The second kappa shape index (κ2) is 9.72. The number of phenols is 1. The summed E-state index contributed by atoms with van der Waals surface area (Å²) in [4.78, 5) is 14.3. The molecule has 4 rings (SSSR count). The first-order valence-electron chi connectivity index (χ1n) is 11.5. The summed E-state index contributed by atoms with van der Waals surface area (Å²) in [6, 6.07) is 8.41. The minimum absolute atomic E-state index is 0.0372. The van der Waals surface area contributed by atoms with Gasteiger partial charge in [0.05, 0.1) is 5.56 Å². The summed E-state index contributed by atoms with van der Waals surface area (Å²) in [5, 5.41) is 9.57. The Labute approximate surface area is 195 Å². The maximum Gasteiger partial charge on any atom is 0.573 e. The maximum atomic E-state index is 14.2. The Kier molecular flexibility index (Phi) is 6.91. The van der Waals surface area contributed by atoms with Crippen LogP contribution in [-0.4, -0.2) is 34.9 Å². The van der Waals surface area contributed by atoms with Gasteiger partial charge in [-0.2, -0.15) is 0 Å². The smallest absolute Gasteiger partial charge is 0.505 e. The summed E-state index contributed by atoms with van der Waals surface area (Å²) in [5.41, 5.74) is 0.551. The molecule has 0 saturated heterocycles. The van der Waals surface area contributed by atoms with Crippen molar-refractivity contribution in [2.24, 2.45) is 11.8 Å². The summed E-state index contributed by atoms with van der Waals surface area (Å²) in [6.45, 7) is 2.84. The Balaban J connectivity index is 1.31. The Hall–Kier alpha value is -2.97. The predicted octanol–water partition coefficient (Wildman–Crippen LogP) is 6.05. The molecule has 2 aromatic carbocycles. The van der Waals surface area contributed by atoms with Crippen molar-refractivity contribution in [3.05, 3.63) is 53.3 Å². The fourth-order valence-electron chi connectivity index (χ4n) is 5.04. The molecule has 1 aliphatic heterocycles. The fraction of sp³-hybridized carbons (Fsp3) is 0.480. The van der Waals surface area contributed by atoms with Crippen molar-refractivity contribution in [1.82, 2.24) is 4.90 Å². The molecule has 1 aliphatic carbocycles. The van der Waals surface area contributed by atoms with Gasteiger partial charge >= 0.3 is 6.36 Å². The van der Waals surface area contributed by atoms with Gasteiger partial charge in [0.2, 0.25) is 0 Å². The zero-order valence-electron chi connectivity index (χ0n) is 18.8. The van der Waals surface area contributed by atoms with Crippen LogP contribution in [0.2, 0.25) is 0 Å². The number of alkyl halides is 3. The number of nitrogens with zero attached hydrogens (tertiary/aromatic N) is 1. The van der Waals surface area contributed by atoms with Gasteiger partial charge in [-0.25, -0.2) is 4.39 Å². The van der Waals surface area contributed by atoms with Crippen LogP contribution in [0.1, 0.15) is 54.9 Å². The van der Waals surface area contributed by atoms with Gasteiger partial charge in [-0.05, 0) is 67.7 Å². The van der Waals surface area contributed by atoms with E-state index < -0.39 is 17.9 Å². The van der Waals surface area contributed by atoms with E-state index in [0.717, 1.165) is 25.7 Å². The van der Waals surface area contributed by atoms with Crippen LogP contribution in [-0.2, 0) is 6.54 Å². The van der Waals surface area contributed by atoms with E-state index in [2.05, 4.69) is 4.74 Å². The molecule has 184 valence electrons. The van der Waals surface area contributed by atoms with E-state index in [1.165, 1.54) is 24.3 Å². The van der Waals surface area contributed by atoms with E-state index in [9.17, 15) is 27.5 Å². The molecular formula is C25H27F4NO4. The number of amides is 1. The number of carbonyl (C=O) groups excluding carboxylic acids is 1. The molecule has 1 atom stereocenters. The van der Waals surface area contributed by atoms with Gasteiger partial charge in [0.25, 0.3) is 5.91 Å². The van der Waals surface area contributed by atoms with Gasteiger partial charge in [0.15, 0.2) is 11.6 Å². The van der Waals surface area contributed by atoms with Crippen LogP contribution in [0.3, 0.4) is 0 Å². The molecule has 0 radical (unpaired) electrons. The normalized spacial score (nSPS) is 21.3. The van der Waals surface area contributed by atoms with Crippen molar-refractivity contribution in [2.75, 3.05) is 6.54 Å². The third-order valence-corrected chi connectivity index (χ3v) is 6.69. The highest BCUT2D eigenvalue weighted by molar-refractivity contribution is 5.99. The molecule has 0 aromatic heterocycles. The van der Waals surface area contributed by atoms with E-state index in [4.69, 9.17) is 4.74 Å². The van der Waals surface area contributed by atoms with E-state index in [-0.39, 0.29) is 35.2 Å². The molecule has 1 amide bonds. The van der Waals surface area contributed by atoms with E-state index in [1.54, 1.807) is 17.0 Å². The molecule has 2 aromatic rings. The highest BCUT2D eigenvalue weighted by atomic mass is 19.4. The number of carbonyl (C=O) groups is 1. The van der Waals surface area contributed by atoms with Crippen LogP contribution in [0, 0.1) is 17.7 Å². The lowest BCUT2D eigenvalue weighted by atomic mass is 9.78. The van der Waals surface area contributed by atoms with Gasteiger partial charge in [-0.15, -0.1) is 13.2 Å². The van der Waals surface area contributed by atoms with Gasteiger partial charge < -0.3 is 19.5 Å². The lowest BCUT2D eigenvalue weighted by Crippen LogP contribution is -2.35. The first-order chi connectivity index (χ1) is 16.1. The van der Waals surface area contributed by atoms with Crippen LogP contribution in [0.5, 0.6) is 17.2 Å². The summed E-state index contributed by atoms with van der Waals surface area (Å²) >= 11 is 0. The molecule has 1 heterocycles. The molecule has 9 heteroatoms. The molecule has 34 heavy (non-hydrogen) atoms. The van der Waals surface area contributed by atoms with Crippen LogP contribution in [0.25, 0.3) is 0 Å². The zero-order valence-corrected chi connectivity index (χ0v) is 18.8. The Morgan fingerprint density at radius 3 is 2.50 bits per heavy atom. The standard InChI is InChI=1S/C25H27F4NO4/c1-2-21(33-18-4-3-5-19(12-18)34-25(27,28)29)16-8-6-15(7-9-16)13-30-14-17-10-11-20(31)23(26)22(17)24(30)32/h3-5,10-12,15-16,21,31H,2,6-9,13-14H2,1H3. The lowest BCUT2D eigenvalue weighted by Gasteiger charge is -2.35. The van der Waals surface area contributed by atoms with Gasteiger partial charge in [-0.1, -0.05) is 19.1 Å². The Bertz CT molecular complexity index is 1030. The first-order valence-corrected chi connectivity index (χ1v) is 11.5. The summed E-state index contributed by atoms with van der Waals surface area (Å²) in [6.07, 6.45) is -0.714. The van der Waals surface area contributed by atoms with Crippen LogP contribution in [0.15, 0.2) is 36.4 Å². The molecular weight excluding hydrogens is 454 g/mol. The third-order valence-electron chi connectivity index (χ3n) is 6.69. The second-order valence-corrected chi connectivity index (χ2v) is 8.99. The monoisotopic (exact) mass is 481 g/mol. The topological polar surface area (TPSA) is 59.0 Å². The molecule has 1 saturated carbocycles. The number of fused-ring (bicyclic) bond motifs is 1. The molecule has 2 aliphatic rings. The molecule has 1 unspecified atom stereocenters. The second-order valence-electron chi connectivity index (χ2n) is 8.99. The summed E-state index contributed by atoms with van der Waals surface area (Å²) in [7, 11) is 0. The summed E-state index contributed by atoms with van der Waals surface area (Å²) in [5.74, 6) is -1.23. The van der Waals surface area contributed by atoms with Crippen LogP contribution in [0.4, 0.5) is 17.6 Å². The number of ether oxygens (including phenoxy) is 2. The van der Waals surface area contributed by atoms with Crippen molar-refractivity contribution in [2.45, 2.75) is 58.0 Å². The van der Waals surface area contributed by atoms with E-state index >= 15 is 0 Å². The lowest BCUT2D eigenvalue weighted by molar-refractivity contribution is -0.274. The Morgan fingerprint density at radius 2 is 1.82 bits per heavy atom. The number of aromatic hydroxyl groups is 1. The largest absolute Gasteiger partial charge is 0.573 e. The molecule has 5 nitrogen and oxygen atoms in total. The molecule has 0 spiro atoms. The van der Waals surface area contributed by atoms with Gasteiger partial charge in [0.1, 0.15) is 17.6 Å². The average Bonchev–Trinajstić information content (AvgIpc) is 3.10. The number of hydrogen-bond donors (Lipinski definition) is 1. The number of halogens is 4. The molecule has 1 N–H and O–H groups in total. The van der Waals surface area contributed by atoms with Crippen molar-refractivity contribution < 1.29 is 36.9 Å². The highest BCUT2D eigenvalue weighted by Crippen LogP contribution is 2.37. The predicted molar refractivity (Wildman–Crippen MR) is 116 cm³/mol. The van der Waals surface area contributed by atoms with Crippen molar-refractivity contribution >= 4 is 5.91 Å². The number of benzene rings is 2. The average molecular weight is 481 g/mol. The van der Waals surface area contributed by atoms with Crippen molar-refractivity contribution in [3.8, 4) is 17.2 Å².